The first-order chi connectivity index (χ1) is 9.72. The van der Waals surface area contributed by atoms with Crippen LogP contribution in [0.3, 0.4) is 0 Å². The normalized spacial score (nSPS) is 21.6. The molecular weight excluding hydrogens is 312 g/mol. The molecule has 1 aliphatic heterocycles. The highest BCUT2D eigenvalue weighted by molar-refractivity contribution is 7.91. The van der Waals surface area contributed by atoms with Crippen LogP contribution in [-0.2, 0) is 19.9 Å². The van der Waals surface area contributed by atoms with E-state index in [9.17, 15) is 16.8 Å². The van der Waals surface area contributed by atoms with Gasteiger partial charge in [0, 0.05) is 19.1 Å². The molecule has 2 rings (SSSR count). The number of nitrogens with zero attached hydrogens (tertiary/aromatic N) is 1. The largest absolute Gasteiger partial charge is 0.324 e. The van der Waals surface area contributed by atoms with Gasteiger partial charge in [-0.25, -0.2) is 16.8 Å². The lowest BCUT2D eigenvalue weighted by atomic mass is 10.1. The summed E-state index contributed by atoms with van der Waals surface area (Å²) in [6.07, 6.45) is 0.333. The Morgan fingerprint density at radius 1 is 1.14 bits per heavy atom. The molecule has 1 saturated heterocycles. The summed E-state index contributed by atoms with van der Waals surface area (Å²) in [5, 5.41) is 0. The van der Waals surface area contributed by atoms with E-state index in [1.165, 1.54) is 16.4 Å². The summed E-state index contributed by atoms with van der Waals surface area (Å²) >= 11 is 0. The van der Waals surface area contributed by atoms with Crippen LogP contribution in [0, 0.1) is 0 Å². The average Bonchev–Trinajstić information content (AvgIpc) is 2.60. The fourth-order valence-electron chi connectivity index (χ4n) is 2.25. The lowest BCUT2D eigenvalue weighted by Crippen LogP contribution is -2.33. The van der Waals surface area contributed by atoms with Crippen molar-refractivity contribution in [2.45, 2.75) is 24.3 Å². The van der Waals surface area contributed by atoms with Crippen molar-refractivity contribution in [3.8, 4) is 0 Å². The third-order valence-corrected chi connectivity index (χ3v) is 7.19. The topological polar surface area (TPSA) is 97.5 Å². The SMILES string of the molecule is CC(N)c1ccc(S(=O)(=O)N2CCCS(=O)(=O)CC2)cc1. The van der Waals surface area contributed by atoms with Gasteiger partial charge in [-0.2, -0.15) is 4.31 Å². The van der Waals surface area contributed by atoms with E-state index in [-0.39, 0.29) is 35.5 Å². The predicted molar refractivity (Wildman–Crippen MR) is 81.1 cm³/mol. The Kier molecular flexibility index (Phi) is 4.72. The Bertz CT molecular complexity index is 694. The molecule has 1 fully saturated rings. The van der Waals surface area contributed by atoms with Crippen LogP contribution in [0.25, 0.3) is 0 Å². The Morgan fingerprint density at radius 3 is 2.33 bits per heavy atom. The molecule has 0 aliphatic carbocycles. The van der Waals surface area contributed by atoms with Crippen LogP contribution in [0.1, 0.15) is 24.9 Å². The highest BCUT2D eigenvalue weighted by Crippen LogP contribution is 2.20. The van der Waals surface area contributed by atoms with Gasteiger partial charge in [0.25, 0.3) is 0 Å². The van der Waals surface area contributed by atoms with Gasteiger partial charge in [-0.05, 0) is 31.0 Å². The van der Waals surface area contributed by atoms with Gasteiger partial charge in [-0.3, -0.25) is 0 Å². The van der Waals surface area contributed by atoms with E-state index in [4.69, 9.17) is 5.73 Å². The predicted octanol–water partition coefficient (Wildman–Crippen LogP) is 0.516. The second-order valence-electron chi connectivity index (χ2n) is 5.27. The molecule has 0 bridgehead atoms. The quantitative estimate of drug-likeness (QED) is 0.870. The highest BCUT2D eigenvalue weighted by atomic mass is 32.2. The van der Waals surface area contributed by atoms with Crippen LogP contribution in [0.5, 0.6) is 0 Å². The Morgan fingerprint density at radius 2 is 1.76 bits per heavy atom. The summed E-state index contributed by atoms with van der Waals surface area (Å²) in [6, 6.07) is 6.25. The van der Waals surface area contributed by atoms with E-state index in [0.717, 1.165) is 5.56 Å². The minimum Gasteiger partial charge on any atom is -0.324 e. The maximum Gasteiger partial charge on any atom is 0.243 e. The van der Waals surface area contributed by atoms with Crippen molar-refractivity contribution in [2.75, 3.05) is 24.6 Å². The molecule has 21 heavy (non-hydrogen) atoms. The number of sulfone groups is 1. The highest BCUT2D eigenvalue weighted by Gasteiger charge is 2.28. The number of nitrogens with two attached hydrogens (primary N) is 1. The molecule has 1 atom stereocenters. The molecule has 0 radical (unpaired) electrons. The van der Waals surface area contributed by atoms with Gasteiger partial charge >= 0.3 is 0 Å². The summed E-state index contributed by atoms with van der Waals surface area (Å²) in [6.45, 7) is 2.07. The maximum atomic E-state index is 12.5. The summed E-state index contributed by atoms with van der Waals surface area (Å²) in [5.41, 5.74) is 6.59. The van der Waals surface area contributed by atoms with Crippen molar-refractivity contribution in [2.24, 2.45) is 5.73 Å². The van der Waals surface area contributed by atoms with E-state index in [1.807, 2.05) is 6.92 Å². The van der Waals surface area contributed by atoms with Crippen molar-refractivity contribution in [1.82, 2.24) is 4.31 Å². The summed E-state index contributed by atoms with van der Waals surface area (Å²) in [5.74, 6) is -0.0766. The van der Waals surface area contributed by atoms with E-state index < -0.39 is 19.9 Å². The first-order valence-electron chi connectivity index (χ1n) is 6.78. The van der Waals surface area contributed by atoms with E-state index in [2.05, 4.69) is 0 Å². The van der Waals surface area contributed by atoms with Gasteiger partial charge < -0.3 is 5.73 Å². The van der Waals surface area contributed by atoms with Gasteiger partial charge in [-0.1, -0.05) is 12.1 Å². The molecule has 0 aromatic heterocycles. The summed E-state index contributed by atoms with van der Waals surface area (Å²) in [7, 11) is -6.79. The first kappa shape index (κ1) is 16.4. The van der Waals surface area contributed by atoms with Crippen molar-refractivity contribution in [3.63, 3.8) is 0 Å². The van der Waals surface area contributed by atoms with Gasteiger partial charge in [0.1, 0.15) is 0 Å². The number of hydrogen-bond donors (Lipinski definition) is 1. The van der Waals surface area contributed by atoms with Crippen molar-refractivity contribution >= 4 is 19.9 Å². The Balaban J connectivity index is 2.25. The zero-order chi connectivity index (χ0) is 15.7. The van der Waals surface area contributed by atoms with Crippen LogP contribution >= 0.6 is 0 Å². The molecule has 0 saturated carbocycles. The smallest absolute Gasteiger partial charge is 0.243 e. The Hall–Kier alpha value is -0.960. The molecule has 1 unspecified atom stereocenters. The second-order valence-corrected chi connectivity index (χ2v) is 9.51. The lowest BCUT2D eigenvalue weighted by molar-refractivity contribution is 0.434. The molecular formula is C13H20N2O4S2. The monoisotopic (exact) mass is 332 g/mol. The second kappa shape index (κ2) is 6.04. The van der Waals surface area contributed by atoms with Crippen LogP contribution < -0.4 is 5.73 Å². The van der Waals surface area contributed by atoms with E-state index in [1.54, 1.807) is 12.1 Å². The first-order valence-corrected chi connectivity index (χ1v) is 10.0. The zero-order valence-electron chi connectivity index (χ0n) is 11.9. The number of rotatable bonds is 3. The molecule has 6 nitrogen and oxygen atoms in total. The number of hydrogen-bond acceptors (Lipinski definition) is 5. The van der Waals surface area contributed by atoms with E-state index >= 15 is 0 Å². The maximum absolute atomic E-state index is 12.5. The summed E-state index contributed by atoms with van der Waals surface area (Å²) < 4.78 is 49.4. The van der Waals surface area contributed by atoms with Gasteiger partial charge in [0.05, 0.1) is 16.4 Å². The zero-order valence-corrected chi connectivity index (χ0v) is 13.5. The minimum atomic E-state index is -3.65. The third kappa shape index (κ3) is 3.82. The van der Waals surface area contributed by atoms with Crippen LogP contribution in [0.15, 0.2) is 29.2 Å². The number of sulfonamides is 1. The fraction of sp³-hybridized carbons (Fsp3) is 0.538. The molecule has 2 N–H and O–H groups in total. The van der Waals surface area contributed by atoms with Crippen LogP contribution in [-0.4, -0.2) is 45.7 Å². The van der Waals surface area contributed by atoms with E-state index in [0.29, 0.717) is 6.42 Å². The third-order valence-electron chi connectivity index (χ3n) is 3.56. The summed E-state index contributed by atoms with van der Waals surface area (Å²) in [4.78, 5) is 0.172. The number of benzene rings is 1. The van der Waals surface area contributed by atoms with Crippen molar-refractivity contribution in [3.05, 3.63) is 29.8 Å². The van der Waals surface area contributed by atoms with Gasteiger partial charge in [-0.15, -0.1) is 0 Å². The molecule has 1 aliphatic rings. The average molecular weight is 332 g/mol. The molecule has 1 aromatic rings. The van der Waals surface area contributed by atoms with Crippen molar-refractivity contribution in [1.29, 1.82) is 0 Å². The molecule has 1 aromatic carbocycles. The van der Waals surface area contributed by atoms with Gasteiger partial charge in [0.2, 0.25) is 10.0 Å². The fourth-order valence-corrected chi connectivity index (χ4v) is 5.11. The lowest BCUT2D eigenvalue weighted by Gasteiger charge is -2.19. The van der Waals surface area contributed by atoms with Crippen LogP contribution in [0.2, 0.25) is 0 Å². The standard InChI is InChI=1S/C13H20N2O4S2/c1-11(14)12-3-5-13(6-4-12)21(18,19)15-7-2-9-20(16,17)10-8-15/h3-6,11H,2,7-10,14H2,1H3. The molecule has 118 valence electrons. The van der Waals surface area contributed by atoms with Gasteiger partial charge in [0.15, 0.2) is 9.84 Å². The minimum absolute atomic E-state index is 0.0136. The Labute approximate surface area is 125 Å². The molecule has 1 heterocycles. The van der Waals surface area contributed by atoms with Crippen molar-refractivity contribution < 1.29 is 16.8 Å². The molecule has 0 spiro atoms. The van der Waals surface area contributed by atoms with Crippen LogP contribution in [0.4, 0.5) is 0 Å². The molecule has 8 heteroatoms. The molecule has 0 amide bonds.